The van der Waals surface area contributed by atoms with E-state index in [-0.39, 0.29) is 17.9 Å². The minimum absolute atomic E-state index is 0.0824. The Balaban J connectivity index is 2.71. The number of anilines is 1. The van der Waals surface area contributed by atoms with Gasteiger partial charge in [-0.2, -0.15) is 13.2 Å². The summed E-state index contributed by atoms with van der Waals surface area (Å²) in [6.45, 7) is -2.21. The molecule has 1 rings (SSSR count). The van der Waals surface area contributed by atoms with E-state index in [1.807, 2.05) is 0 Å². The quantitative estimate of drug-likeness (QED) is 0.803. The molecule has 0 unspecified atom stereocenters. The molecule has 0 aliphatic heterocycles. The fourth-order valence-electron chi connectivity index (χ4n) is 1.59. The Morgan fingerprint density at radius 1 is 1.27 bits per heavy atom. The molecule has 1 amide bonds. The molecule has 0 fully saturated rings. The van der Waals surface area contributed by atoms with E-state index in [1.165, 1.54) is 25.3 Å². The predicted octanol–water partition coefficient (Wildman–Crippen LogP) is 2.05. The third-order valence-corrected chi connectivity index (χ3v) is 2.33. The number of carbonyl (C=O) groups excluding carboxylic acids is 1. The number of rotatable bonds is 7. The molecule has 0 heterocycles. The summed E-state index contributed by atoms with van der Waals surface area (Å²) >= 11 is 0. The molecule has 0 aromatic heterocycles. The lowest BCUT2D eigenvalue weighted by atomic mass is 10.1. The number of carboxylic acid groups (broad SMARTS) is 1. The summed E-state index contributed by atoms with van der Waals surface area (Å²) in [5, 5.41) is 11.2. The number of amides is 1. The van der Waals surface area contributed by atoms with Gasteiger partial charge in [0.1, 0.15) is 13.2 Å². The lowest BCUT2D eigenvalue weighted by Crippen LogP contribution is -2.24. The number of carbonyl (C=O) groups is 2. The maximum Gasteiger partial charge on any atom is 0.411 e. The topological polar surface area (TPSA) is 84.9 Å². The van der Waals surface area contributed by atoms with Crippen molar-refractivity contribution in [2.75, 3.05) is 25.6 Å². The van der Waals surface area contributed by atoms with Gasteiger partial charge >= 0.3 is 12.1 Å². The SMILES string of the molecule is COCc1cc(NC(=O)COCC(F)(F)F)cc(C(=O)O)c1. The Morgan fingerprint density at radius 2 is 1.95 bits per heavy atom. The van der Waals surface area contributed by atoms with Gasteiger partial charge in [-0.25, -0.2) is 4.79 Å². The van der Waals surface area contributed by atoms with E-state index in [2.05, 4.69) is 10.1 Å². The van der Waals surface area contributed by atoms with Crippen LogP contribution >= 0.6 is 0 Å². The number of hydrogen-bond acceptors (Lipinski definition) is 4. The molecule has 22 heavy (non-hydrogen) atoms. The highest BCUT2D eigenvalue weighted by atomic mass is 19.4. The van der Waals surface area contributed by atoms with Gasteiger partial charge in [0.25, 0.3) is 0 Å². The standard InChI is InChI=1S/C13H14F3NO5/c1-21-5-8-2-9(12(19)20)4-10(3-8)17-11(18)6-22-7-13(14,15)16/h2-4H,5-7H2,1H3,(H,17,18)(H,19,20). The molecule has 2 N–H and O–H groups in total. The summed E-state index contributed by atoms with van der Waals surface area (Å²) in [6, 6.07) is 4.00. The number of halogens is 3. The molecule has 0 saturated carbocycles. The van der Waals surface area contributed by atoms with E-state index >= 15 is 0 Å². The fourth-order valence-corrected chi connectivity index (χ4v) is 1.59. The number of aromatic carboxylic acids is 1. The molecule has 0 aliphatic carbocycles. The molecule has 0 saturated heterocycles. The highest BCUT2D eigenvalue weighted by Crippen LogP contribution is 2.17. The normalized spacial score (nSPS) is 11.3. The second-order valence-corrected chi connectivity index (χ2v) is 4.31. The van der Waals surface area contributed by atoms with Gasteiger partial charge < -0.3 is 19.9 Å². The number of hydrogen-bond donors (Lipinski definition) is 2. The van der Waals surface area contributed by atoms with E-state index in [1.54, 1.807) is 0 Å². The van der Waals surface area contributed by atoms with Crippen LogP contribution in [0.3, 0.4) is 0 Å². The third-order valence-electron chi connectivity index (χ3n) is 2.33. The predicted molar refractivity (Wildman–Crippen MR) is 69.6 cm³/mol. The number of carboxylic acids is 1. The van der Waals surface area contributed by atoms with Gasteiger partial charge in [0.15, 0.2) is 0 Å². The molecule has 0 spiro atoms. The smallest absolute Gasteiger partial charge is 0.411 e. The first-order chi connectivity index (χ1) is 10.2. The van der Waals surface area contributed by atoms with Crippen molar-refractivity contribution in [3.63, 3.8) is 0 Å². The van der Waals surface area contributed by atoms with Crippen molar-refractivity contribution < 1.29 is 37.3 Å². The molecule has 0 bridgehead atoms. The summed E-state index contributed by atoms with van der Waals surface area (Å²) in [6.07, 6.45) is -4.52. The molecule has 0 atom stereocenters. The van der Waals surface area contributed by atoms with E-state index in [4.69, 9.17) is 9.84 Å². The van der Waals surface area contributed by atoms with Gasteiger partial charge in [-0.1, -0.05) is 0 Å². The zero-order valence-corrected chi connectivity index (χ0v) is 11.6. The van der Waals surface area contributed by atoms with Crippen LogP contribution in [0.4, 0.5) is 18.9 Å². The van der Waals surface area contributed by atoms with Crippen molar-refractivity contribution in [1.29, 1.82) is 0 Å². The number of nitrogens with one attached hydrogen (secondary N) is 1. The molecule has 1 aromatic carbocycles. The fraction of sp³-hybridized carbons (Fsp3) is 0.385. The van der Waals surface area contributed by atoms with Gasteiger partial charge in [-0.3, -0.25) is 4.79 Å². The van der Waals surface area contributed by atoms with Gasteiger partial charge in [0.05, 0.1) is 12.2 Å². The number of methoxy groups -OCH3 is 1. The molecular weight excluding hydrogens is 307 g/mol. The molecular formula is C13H14F3NO5. The number of benzene rings is 1. The highest BCUT2D eigenvalue weighted by Gasteiger charge is 2.27. The van der Waals surface area contributed by atoms with Crippen molar-refractivity contribution in [1.82, 2.24) is 0 Å². The average molecular weight is 321 g/mol. The first-order valence-corrected chi connectivity index (χ1v) is 6.02. The molecule has 122 valence electrons. The average Bonchev–Trinajstić information content (AvgIpc) is 2.37. The zero-order chi connectivity index (χ0) is 16.8. The van der Waals surface area contributed by atoms with Gasteiger partial charge in [0, 0.05) is 12.8 Å². The van der Waals surface area contributed by atoms with Crippen LogP contribution in [0.25, 0.3) is 0 Å². The maximum atomic E-state index is 11.9. The van der Waals surface area contributed by atoms with Gasteiger partial charge in [-0.05, 0) is 23.8 Å². The van der Waals surface area contributed by atoms with E-state index in [9.17, 15) is 22.8 Å². The second kappa shape index (κ2) is 7.76. The Bertz CT molecular complexity index is 545. The summed E-state index contributed by atoms with van der Waals surface area (Å²) in [5.74, 6) is -2.03. The van der Waals surface area contributed by atoms with Crippen LogP contribution in [0, 0.1) is 0 Å². The van der Waals surface area contributed by atoms with Crippen molar-refractivity contribution in [3.05, 3.63) is 29.3 Å². The maximum absolute atomic E-state index is 11.9. The van der Waals surface area contributed by atoms with E-state index < -0.39 is 31.3 Å². The third kappa shape index (κ3) is 6.55. The Labute approximate surface area is 123 Å². The molecule has 9 heteroatoms. The van der Waals surface area contributed by atoms with Gasteiger partial charge in [-0.15, -0.1) is 0 Å². The molecule has 6 nitrogen and oxygen atoms in total. The van der Waals surface area contributed by atoms with Crippen LogP contribution in [-0.2, 0) is 20.9 Å². The van der Waals surface area contributed by atoms with Crippen LogP contribution < -0.4 is 5.32 Å². The zero-order valence-electron chi connectivity index (χ0n) is 11.6. The second-order valence-electron chi connectivity index (χ2n) is 4.31. The minimum Gasteiger partial charge on any atom is -0.478 e. The summed E-state index contributed by atoms with van der Waals surface area (Å²) in [7, 11) is 1.41. The Morgan fingerprint density at radius 3 is 2.50 bits per heavy atom. The summed E-state index contributed by atoms with van der Waals surface area (Å²) in [5.41, 5.74) is 0.544. The molecule has 0 radical (unpaired) electrons. The van der Waals surface area contributed by atoms with Crippen LogP contribution in [-0.4, -0.2) is 43.5 Å². The van der Waals surface area contributed by atoms with Gasteiger partial charge in [0.2, 0.25) is 5.91 Å². The van der Waals surface area contributed by atoms with Crippen molar-refractivity contribution in [3.8, 4) is 0 Å². The Hall–Kier alpha value is -2.13. The highest BCUT2D eigenvalue weighted by molar-refractivity contribution is 5.94. The van der Waals surface area contributed by atoms with Crippen LogP contribution in [0.1, 0.15) is 15.9 Å². The van der Waals surface area contributed by atoms with E-state index in [0.717, 1.165) is 0 Å². The van der Waals surface area contributed by atoms with Crippen molar-refractivity contribution >= 4 is 17.6 Å². The summed E-state index contributed by atoms with van der Waals surface area (Å²) < 4.78 is 44.7. The lowest BCUT2D eigenvalue weighted by molar-refractivity contribution is -0.174. The van der Waals surface area contributed by atoms with Crippen LogP contribution in [0.15, 0.2) is 18.2 Å². The monoisotopic (exact) mass is 321 g/mol. The minimum atomic E-state index is -4.52. The largest absolute Gasteiger partial charge is 0.478 e. The van der Waals surface area contributed by atoms with Crippen LogP contribution in [0.5, 0.6) is 0 Å². The first kappa shape index (κ1) is 17.9. The van der Waals surface area contributed by atoms with Crippen molar-refractivity contribution in [2.24, 2.45) is 0 Å². The molecule has 1 aromatic rings. The summed E-state index contributed by atoms with van der Waals surface area (Å²) in [4.78, 5) is 22.4. The van der Waals surface area contributed by atoms with E-state index in [0.29, 0.717) is 5.56 Å². The van der Waals surface area contributed by atoms with Crippen LogP contribution in [0.2, 0.25) is 0 Å². The number of ether oxygens (including phenoxy) is 2. The Kier molecular flexibility index (Phi) is 6.32. The lowest BCUT2D eigenvalue weighted by Gasteiger charge is -2.10. The first-order valence-electron chi connectivity index (χ1n) is 6.02. The van der Waals surface area contributed by atoms with Crippen molar-refractivity contribution in [2.45, 2.75) is 12.8 Å². The number of alkyl halides is 3. The molecule has 0 aliphatic rings.